The van der Waals surface area contributed by atoms with E-state index < -0.39 is 0 Å². The summed E-state index contributed by atoms with van der Waals surface area (Å²) in [5.41, 5.74) is 4.21. The Labute approximate surface area is 114 Å². The molecule has 2 aromatic rings. The summed E-state index contributed by atoms with van der Waals surface area (Å²) in [5.74, 6) is 0.700. The molecule has 0 aliphatic carbocycles. The number of nitrogens with one attached hydrogen (secondary N) is 1. The number of hydrogen-bond donors (Lipinski definition) is 1. The second kappa shape index (κ2) is 5.06. The molecular formula is C14H15BrN2O. The predicted octanol–water partition coefficient (Wildman–Crippen LogP) is 3.05. The molecule has 0 unspecified atom stereocenters. The molecule has 1 N–H and O–H groups in total. The second-order valence-corrected chi connectivity index (χ2v) is 5.38. The highest BCUT2D eigenvalue weighted by atomic mass is 79.9. The average molecular weight is 307 g/mol. The first kappa shape index (κ1) is 13.0. The zero-order valence-corrected chi connectivity index (χ0v) is 12.3. The SMILES string of the molecule is Cc1cc(C)cc(Cc2nc(C)c(Br)c(=O)[nH]2)c1. The first-order chi connectivity index (χ1) is 8.45. The van der Waals surface area contributed by atoms with Crippen LogP contribution in [0.3, 0.4) is 0 Å². The van der Waals surface area contributed by atoms with Crippen molar-refractivity contribution in [1.82, 2.24) is 9.97 Å². The zero-order chi connectivity index (χ0) is 13.3. The van der Waals surface area contributed by atoms with Gasteiger partial charge in [0.15, 0.2) is 0 Å². The Morgan fingerprint density at radius 3 is 2.33 bits per heavy atom. The van der Waals surface area contributed by atoms with Crippen molar-refractivity contribution in [2.24, 2.45) is 0 Å². The topological polar surface area (TPSA) is 45.8 Å². The lowest BCUT2D eigenvalue weighted by atomic mass is 10.0. The molecule has 0 fully saturated rings. The summed E-state index contributed by atoms with van der Waals surface area (Å²) in [5, 5.41) is 0. The van der Waals surface area contributed by atoms with E-state index in [9.17, 15) is 4.79 Å². The number of aromatic nitrogens is 2. The third-order valence-corrected chi connectivity index (χ3v) is 3.66. The first-order valence-electron chi connectivity index (χ1n) is 5.78. The van der Waals surface area contributed by atoms with Crippen LogP contribution < -0.4 is 5.56 Å². The number of rotatable bonds is 2. The summed E-state index contributed by atoms with van der Waals surface area (Å²) in [4.78, 5) is 18.8. The van der Waals surface area contributed by atoms with Gasteiger partial charge in [-0.2, -0.15) is 0 Å². The van der Waals surface area contributed by atoms with Gasteiger partial charge in [-0.1, -0.05) is 29.3 Å². The molecule has 0 amide bonds. The van der Waals surface area contributed by atoms with E-state index in [4.69, 9.17) is 0 Å². The van der Waals surface area contributed by atoms with E-state index in [-0.39, 0.29) is 5.56 Å². The number of hydrogen-bond acceptors (Lipinski definition) is 2. The van der Waals surface area contributed by atoms with Gasteiger partial charge in [-0.3, -0.25) is 4.79 Å². The van der Waals surface area contributed by atoms with Crippen LogP contribution in [0.15, 0.2) is 27.5 Å². The van der Waals surface area contributed by atoms with Crippen LogP contribution in [-0.4, -0.2) is 9.97 Å². The van der Waals surface area contributed by atoms with Crippen LogP contribution in [0.5, 0.6) is 0 Å². The number of aryl methyl sites for hydroxylation is 3. The average Bonchev–Trinajstić information content (AvgIpc) is 2.24. The van der Waals surface area contributed by atoms with Crippen LogP contribution in [0.4, 0.5) is 0 Å². The third kappa shape index (κ3) is 2.88. The fourth-order valence-corrected chi connectivity index (χ4v) is 2.27. The minimum absolute atomic E-state index is 0.123. The van der Waals surface area contributed by atoms with E-state index in [1.165, 1.54) is 11.1 Å². The molecule has 2 rings (SSSR count). The molecule has 0 saturated heterocycles. The third-order valence-electron chi connectivity index (χ3n) is 2.73. The fraction of sp³-hybridized carbons (Fsp3) is 0.286. The molecule has 0 aliphatic rings. The lowest BCUT2D eigenvalue weighted by molar-refractivity contribution is 0.909. The maximum atomic E-state index is 11.6. The number of halogens is 1. The molecule has 94 valence electrons. The van der Waals surface area contributed by atoms with Gasteiger partial charge in [-0.25, -0.2) is 4.98 Å². The number of aromatic amines is 1. The van der Waals surface area contributed by atoms with E-state index >= 15 is 0 Å². The van der Waals surface area contributed by atoms with Crippen LogP contribution in [0.1, 0.15) is 28.2 Å². The highest BCUT2D eigenvalue weighted by Crippen LogP contribution is 2.13. The minimum Gasteiger partial charge on any atom is -0.309 e. The molecule has 4 heteroatoms. The largest absolute Gasteiger partial charge is 0.309 e. The standard InChI is InChI=1S/C14H15BrN2O/c1-8-4-9(2)6-11(5-8)7-12-16-10(3)13(15)14(18)17-12/h4-6H,7H2,1-3H3,(H,16,17,18). The van der Waals surface area contributed by atoms with Crippen molar-refractivity contribution in [2.45, 2.75) is 27.2 Å². The molecule has 18 heavy (non-hydrogen) atoms. The zero-order valence-electron chi connectivity index (χ0n) is 10.7. The number of benzene rings is 1. The molecule has 1 aromatic heterocycles. The Bertz CT molecular complexity index is 626. The van der Waals surface area contributed by atoms with Gasteiger partial charge in [0.1, 0.15) is 10.3 Å². The monoisotopic (exact) mass is 306 g/mol. The molecule has 1 heterocycles. The predicted molar refractivity (Wildman–Crippen MR) is 76.0 cm³/mol. The fourth-order valence-electron chi connectivity index (χ4n) is 2.08. The Kier molecular flexibility index (Phi) is 3.66. The summed E-state index contributed by atoms with van der Waals surface area (Å²) in [6.45, 7) is 5.96. The van der Waals surface area contributed by atoms with Crippen LogP contribution in [0, 0.1) is 20.8 Å². The van der Waals surface area contributed by atoms with Gasteiger partial charge in [0.2, 0.25) is 0 Å². The molecule has 0 radical (unpaired) electrons. The van der Waals surface area contributed by atoms with Crippen LogP contribution in [-0.2, 0) is 6.42 Å². The van der Waals surface area contributed by atoms with Gasteiger partial charge < -0.3 is 4.98 Å². The van der Waals surface area contributed by atoms with E-state index in [0.29, 0.717) is 16.7 Å². The maximum Gasteiger partial charge on any atom is 0.265 e. The van der Waals surface area contributed by atoms with Crippen molar-refractivity contribution >= 4 is 15.9 Å². The Balaban J connectivity index is 2.37. The van der Waals surface area contributed by atoms with Crippen LogP contribution in [0.25, 0.3) is 0 Å². The summed E-state index contributed by atoms with van der Waals surface area (Å²) in [6.07, 6.45) is 0.645. The Morgan fingerprint density at radius 1 is 1.17 bits per heavy atom. The van der Waals surface area contributed by atoms with Crippen LogP contribution in [0.2, 0.25) is 0 Å². The molecule has 0 saturated carbocycles. The minimum atomic E-state index is -0.123. The summed E-state index contributed by atoms with van der Waals surface area (Å²) in [6, 6.07) is 6.36. The van der Waals surface area contributed by atoms with Crippen molar-refractivity contribution in [3.8, 4) is 0 Å². The van der Waals surface area contributed by atoms with Gasteiger partial charge in [0, 0.05) is 6.42 Å². The molecule has 0 spiro atoms. The van der Waals surface area contributed by atoms with E-state index in [1.54, 1.807) is 0 Å². The van der Waals surface area contributed by atoms with Gasteiger partial charge in [-0.15, -0.1) is 0 Å². The highest BCUT2D eigenvalue weighted by Gasteiger charge is 2.06. The quantitative estimate of drug-likeness (QED) is 0.927. The van der Waals surface area contributed by atoms with E-state index in [1.807, 2.05) is 6.92 Å². The van der Waals surface area contributed by atoms with Crippen molar-refractivity contribution < 1.29 is 0 Å². The van der Waals surface area contributed by atoms with Gasteiger partial charge >= 0.3 is 0 Å². The Hall–Kier alpha value is -1.42. The molecule has 1 aromatic carbocycles. The second-order valence-electron chi connectivity index (χ2n) is 4.58. The van der Waals surface area contributed by atoms with Gasteiger partial charge in [0.05, 0.1) is 5.69 Å². The summed E-state index contributed by atoms with van der Waals surface area (Å²) < 4.78 is 0.506. The van der Waals surface area contributed by atoms with Crippen molar-refractivity contribution in [1.29, 1.82) is 0 Å². The van der Waals surface area contributed by atoms with E-state index in [2.05, 4.69) is 57.9 Å². The van der Waals surface area contributed by atoms with Crippen molar-refractivity contribution in [3.63, 3.8) is 0 Å². The smallest absolute Gasteiger partial charge is 0.265 e. The van der Waals surface area contributed by atoms with Crippen LogP contribution >= 0.6 is 15.9 Å². The first-order valence-corrected chi connectivity index (χ1v) is 6.57. The van der Waals surface area contributed by atoms with Crippen molar-refractivity contribution in [2.75, 3.05) is 0 Å². The summed E-state index contributed by atoms with van der Waals surface area (Å²) in [7, 11) is 0. The van der Waals surface area contributed by atoms with Gasteiger partial charge in [0.25, 0.3) is 5.56 Å². The highest BCUT2D eigenvalue weighted by molar-refractivity contribution is 9.10. The van der Waals surface area contributed by atoms with Crippen molar-refractivity contribution in [3.05, 3.63) is 61.2 Å². The maximum absolute atomic E-state index is 11.6. The van der Waals surface area contributed by atoms with E-state index in [0.717, 1.165) is 11.3 Å². The molecule has 3 nitrogen and oxygen atoms in total. The summed E-state index contributed by atoms with van der Waals surface area (Å²) >= 11 is 3.22. The molecular weight excluding hydrogens is 292 g/mol. The molecule has 0 atom stereocenters. The molecule has 0 bridgehead atoms. The normalized spacial score (nSPS) is 10.7. The molecule has 0 aliphatic heterocycles. The Morgan fingerprint density at radius 2 is 1.78 bits per heavy atom. The lowest BCUT2D eigenvalue weighted by Crippen LogP contribution is -2.14. The lowest BCUT2D eigenvalue weighted by Gasteiger charge is -2.06. The van der Waals surface area contributed by atoms with Gasteiger partial charge in [-0.05, 0) is 42.3 Å². The number of H-pyrrole nitrogens is 1. The number of nitrogens with zero attached hydrogens (tertiary/aromatic N) is 1.